The van der Waals surface area contributed by atoms with Gasteiger partial charge in [-0.3, -0.25) is 14.8 Å². The summed E-state index contributed by atoms with van der Waals surface area (Å²) in [4.78, 5) is 21.9. The van der Waals surface area contributed by atoms with Gasteiger partial charge >= 0.3 is 0 Å². The predicted molar refractivity (Wildman–Crippen MR) is 115 cm³/mol. The fourth-order valence-corrected chi connectivity index (χ4v) is 3.41. The average molecular weight is 373 g/mol. The van der Waals surface area contributed by atoms with Crippen LogP contribution in [0.1, 0.15) is 52.7 Å². The quantitative estimate of drug-likeness (QED) is 0.668. The molecule has 28 heavy (non-hydrogen) atoms. The molecule has 0 amide bonds. The number of carbonyl (C=O) groups is 1. The van der Waals surface area contributed by atoms with Gasteiger partial charge in [0.2, 0.25) is 0 Å². The molecule has 2 aromatic heterocycles. The second-order valence-corrected chi connectivity index (χ2v) is 9.26. The molecule has 3 rings (SSSR count). The van der Waals surface area contributed by atoms with Crippen LogP contribution in [0, 0.1) is 10.8 Å². The van der Waals surface area contributed by atoms with E-state index in [1.807, 2.05) is 48.8 Å². The number of hydrogen-bond acceptors (Lipinski definition) is 3. The lowest BCUT2D eigenvalue weighted by Crippen LogP contribution is -2.28. The van der Waals surface area contributed by atoms with Gasteiger partial charge in [-0.15, -0.1) is 0 Å². The number of pyridine rings is 2. The van der Waals surface area contributed by atoms with Crippen molar-refractivity contribution in [1.29, 1.82) is 0 Å². The van der Waals surface area contributed by atoms with Gasteiger partial charge in [0.1, 0.15) is 0 Å². The zero-order valence-corrected chi connectivity index (χ0v) is 17.6. The number of aromatic nitrogens is 2. The zero-order valence-electron chi connectivity index (χ0n) is 17.6. The summed E-state index contributed by atoms with van der Waals surface area (Å²) in [5.41, 5.74) is 5.25. The standard InChI is InChI=1S/C25H28N2O/c1-24(2,3)20-13-19(14-21(23(20)28)25(4,5)6)22(17-9-7-11-26-15-17)18-10-8-12-27-16-18/h7-16H,1-6H3. The number of hydrogen-bond donors (Lipinski definition) is 0. The van der Waals surface area contributed by atoms with Crippen LogP contribution in [0.3, 0.4) is 0 Å². The highest BCUT2D eigenvalue weighted by molar-refractivity contribution is 6.12. The zero-order chi connectivity index (χ0) is 20.5. The SMILES string of the molecule is CC(C)(C)C1=CC(=C(c2cccnc2)c2cccnc2)C=C(C(C)(C)C)C1=O. The molecular weight excluding hydrogens is 344 g/mol. The number of Topliss-reactive ketones (excluding diaryl/α,β-unsaturated/α-hetero) is 1. The fraction of sp³-hybridized carbons (Fsp3) is 0.320. The maximum absolute atomic E-state index is 13.3. The average Bonchev–Trinajstić information content (AvgIpc) is 2.63. The first kappa shape index (κ1) is 19.9. The monoisotopic (exact) mass is 372 g/mol. The Morgan fingerprint density at radius 1 is 0.750 bits per heavy atom. The minimum absolute atomic E-state index is 0.139. The van der Waals surface area contributed by atoms with Gasteiger partial charge in [-0.25, -0.2) is 0 Å². The van der Waals surface area contributed by atoms with Gasteiger partial charge in [-0.2, -0.15) is 0 Å². The fourth-order valence-electron chi connectivity index (χ4n) is 3.41. The normalized spacial score (nSPS) is 15.2. The molecule has 0 N–H and O–H groups in total. The van der Waals surface area contributed by atoms with E-state index in [-0.39, 0.29) is 16.6 Å². The summed E-state index contributed by atoms with van der Waals surface area (Å²) in [5.74, 6) is 0.139. The van der Waals surface area contributed by atoms with Crippen LogP contribution in [0.4, 0.5) is 0 Å². The third kappa shape index (κ3) is 4.04. The second-order valence-electron chi connectivity index (χ2n) is 9.26. The van der Waals surface area contributed by atoms with Crippen molar-refractivity contribution < 1.29 is 4.79 Å². The number of carbonyl (C=O) groups excluding carboxylic acids is 1. The van der Waals surface area contributed by atoms with Crippen LogP contribution in [0.2, 0.25) is 0 Å². The molecule has 0 radical (unpaired) electrons. The van der Waals surface area contributed by atoms with Crippen molar-refractivity contribution in [2.75, 3.05) is 0 Å². The van der Waals surface area contributed by atoms with Crippen LogP contribution in [0.15, 0.2) is 77.9 Å². The van der Waals surface area contributed by atoms with E-state index in [1.54, 1.807) is 12.4 Å². The summed E-state index contributed by atoms with van der Waals surface area (Å²) in [6, 6.07) is 7.97. The minimum Gasteiger partial charge on any atom is -0.289 e. The van der Waals surface area contributed by atoms with Crippen molar-refractivity contribution in [3.05, 3.63) is 89.1 Å². The number of rotatable bonds is 2. The largest absolute Gasteiger partial charge is 0.289 e. The maximum atomic E-state index is 13.3. The number of ketones is 1. The summed E-state index contributed by atoms with van der Waals surface area (Å²) < 4.78 is 0. The molecule has 0 aromatic carbocycles. The van der Waals surface area contributed by atoms with E-state index in [4.69, 9.17) is 0 Å². The lowest BCUT2D eigenvalue weighted by atomic mass is 9.71. The Morgan fingerprint density at radius 3 is 1.50 bits per heavy atom. The van der Waals surface area contributed by atoms with Crippen LogP contribution >= 0.6 is 0 Å². The molecule has 0 spiro atoms. The molecule has 1 aliphatic rings. The van der Waals surface area contributed by atoms with Crippen molar-refractivity contribution in [2.45, 2.75) is 41.5 Å². The van der Waals surface area contributed by atoms with Crippen LogP contribution < -0.4 is 0 Å². The Kier molecular flexibility index (Phi) is 5.20. The summed E-state index contributed by atoms with van der Waals surface area (Å²) >= 11 is 0. The second kappa shape index (κ2) is 7.31. The Hall–Kier alpha value is -2.81. The van der Waals surface area contributed by atoms with E-state index in [0.717, 1.165) is 33.4 Å². The minimum atomic E-state index is -0.248. The van der Waals surface area contributed by atoms with Crippen LogP contribution in [0.5, 0.6) is 0 Å². The van der Waals surface area contributed by atoms with Crippen molar-refractivity contribution in [3.63, 3.8) is 0 Å². The molecule has 0 saturated heterocycles. The summed E-state index contributed by atoms with van der Waals surface area (Å²) in [5, 5.41) is 0. The van der Waals surface area contributed by atoms with Crippen molar-refractivity contribution in [1.82, 2.24) is 9.97 Å². The molecule has 1 aliphatic carbocycles. The molecule has 0 saturated carbocycles. The highest BCUT2D eigenvalue weighted by Gasteiger charge is 2.34. The van der Waals surface area contributed by atoms with Gasteiger partial charge in [0, 0.05) is 47.1 Å². The Bertz CT molecular complexity index is 889. The molecular formula is C25H28N2O. The van der Waals surface area contributed by atoms with Crippen molar-refractivity contribution >= 4 is 11.4 Å². The van der Waals surface area contributed by atoms with Crippen molar-refractivity contribution in [3.8, 4) is 0 Å². The highest BCUT2D eigenvalue weighted by atomic mass is 16.1. The van der Waals surface area contributed by atoms with Gasteiger partial charge in [-0.1, -0.05) is 53.7 Å². The number of allylic oxidation sites excluding steroid dienone is 5. The van der Waals surface area contributed by atoms with Gasteiger partial charge in [0.15, 0.2) is 5.78 Å². The van der Waals surface area contributed by atoms with E-state index in [2.05, 4.69) is 51.5 Å². The van der Waals surface area contributed by atoms with E-state index in [0.29, 0.717) is 0 Å². The summed E-state index contributed by atoms with van der Waals surface area (Å²) in [7, 11) is 0. The molecule has 0 bridgehead atoms. The van der Waals surface area contributed by atoms with Gasteiger partial charge in [0.05, 0.1) is 0 Å². The van der Waals surface area contributed by atoms with Crippen LogP contribution in [0.25, 0.3) is 5.57 Å². The van der Waals surface area contributed by atoms with Gasteiger partial charge in [-0.05, 0) is 46.3 Å². The van der Waals surface area contributed by atoms with Gasteiger partial charge in [0.25, 0.3) is 0 Å². The summed E-state index contributed by atoms with van der Waals surface area (Å²) in [6.45, 7) is 12.5. The van der Waals surface area contributed by atoms with E-state index in [9.17, 15) is 4.79 Å². The molecule has 144 valence electrons. The molecule has 2 heterocycles. The first-order valence-corrected chi connectivity index (χ1v) is 9.63. The predicted octanol–water partition coefficient (Wildman–Crippen LogP) is 5.81. The lowest BCUT2D eigenvalue weighted by Gasteiger charge is -2.32. The van der Waals surface area contributed by atoms with Crippen LogP contribution in [-0.2, 0) is 4.79 Å². The first-order valence-electron chi connectivity index (χ1n) is 9.63. The third-order valence-electron chi connectivity index (χ3n) is 4.89. The van der Waals surface area contributed by atoms with E-state index >= 15 is 0 Å². The molecule has 0 unspecified atom stereocenters. The maximum Gasteiger partial charge on any atom is 0.186 e. The smallest absolute Gasteiger partial charge is 0.186 e. The molecule has 3 heteroatoms. The lowest BCUT2D eigenvalue weighted by molar-refractivity contribution is -0.114. The van der Waals surface area contributed by atoms with Crippen LogP contribution in [-0.4, -0.2) is 15.8 Å². The first-order chi connectivity index (χ1) is 13.1. The third-order valence-corrected chi connectivity index (χ3v) is 4.89. The molecule has 3 nitrogen and oxygen atoms in total. The molecule has 2 aromatic rings. The summed E-state index contributed by atoms with van der Waals surface area (Å²) in [6.07, 6.45) is 11.4. The molecule has 0 atom stereocenters. The number of nitrogens with zero attached hydrogens (tertiary/aromatic N) is 2. The topological polar surface area (TPSA) is 42.9 Å². The molecule has 0 fully saturated rings. The molecule has 0 aliphatic heterocycles. The Balaban J connectivity index is 2.38. The van der Waals surface area contributed by atoms with E-state index in [1.165, 1.54) is 0 Å². The van der Waals surface area contributed by atoms with E-state index < -0.39 is 0 Å². The van der Waals surface area contributed by atoms with Gasteiger partial charge < -0.3 is 0 Å². The highest BCUT2D eigenvalue weighted by Crippen LogP contribution is 2.41. The Labute approximate surface area is 167 Å². The van der Waals surface area contributed by atoms with Crippen molar-refractivity contribution in [2.24, 2.45) is 10.8 Å². The Morgan fingerprint density at radius 2 is 1.18 bits per heavy atom.